The molecule has 1 aliphatic carbocycles. The number of nitrogens with zero attached hydrogens (tertiary/aromatic N) is 4. The van der Waals surface area contributed by atoms with Crippen LogP contribution in [0.2, 0.25) is 0 Å². The van der Waals surface area contributed by atoms with Gasteiger partial charge in [-0.1, -0.05) is 182 Å². The fourth-order valence-electron chi connectivity index (χ4n) is 9.37. The third-order valence-corrected chi connectivity index (χ3v) is 12.3. The van der Waals surface area contributed by atoms with Gasteiger partial charge in [-0.15, -0.1) is 0 Å². The van der Waals surface area contributed by atoms with Crippen molar-refractivity contribution in [2.45, 2.75) is 5.41 Å². The third kappa shape index (κ3) is 5.78. The highest BCUT2D eigenvalue weighted by atomic mass is 16.5. The van der Waals surface area contributed by atoms with Gasteiger partial charge in [-0.25, -0.2) is 15.0 Å². The van der Waals surface area contributed by atoms with E-state index in [-0.39, 0.29) is 0 Å². The zero-order chi connectivity index (χ0) is 41.0. The van der Waals surface area contributed by atoms with Crippen LogP contribution in [0.1, 0.15) is 22.3 Å². The summed E-state index contributed by atoms with van der Waals surface area (Å²) >= 11 is 0. The largest absolute Gasteiger partial charge is 0.457 e. The van der Waals surface area contributed by atoms with E-state index in [2.05, 4.69) is 164 Å². The minimum Gasteiger partial charge on any atom is -0.457 e. The monoisotopic (exact) mass is 792 g/mol. The maximum absolute atomic E-state index is 6.55. The van der Waals surface area contributed by atoms with Crippen molar-refractivity contribution in [1.29, 1.82) is 0 Å². The molecule has 3 heterocycles. The second kappa shape index (κ2) is 14.5. The van der Waals surface area contributed by atoms with E-state index in [9.17, 15) is 0 Å². The van der Waals surface area contributed by atoms with Crippen LogP contribution >= 0.6 is 0 Å². The van der Waals surface area contributed by atoms with Crippen molar-refractivity contribution in [3.8, 4) is 90.3 Å². The summed E-state index contributed by atoms with van der Waals surface area (Å²) in [6, 6.07) is 74.2. The van der Waals surface area contributed by atoms with Gasteiger partial charge < -0.3 is 4.74 Å². The number of fused-ring (bicyclic) bond motifs is 9. The summed E-state index contributed by atoms with van der Waals surface area (Å²) in [5, 5.41) is 0. The number of benzene rings is 8. The van der Waals surface area contributed by atoms with Crippen molar-refractivity contribution in [2.75, 3.05) is 0 Å². The van der Waals surface area contributed by atoms with Crippen LogP contribution in [0.5, 0.6) is 11.5 Å². The molecular formula is C57H36N4O. The Bertz CT molecular complexity index is 3260. The van der Waals surface area contributed by atoms with Crippen molar-refractivity contribution < 1.29 is 4.74 Å². The molecule has 10 aromatic rings. The fourth-order valence-corrected chi connectivity index (χ4v) is 9.37. The number of para-hydroxylation sites is 2. The number of rotatable bonds is 6. The molecule has 0 radical (unpaired) electrons. The molecule has 0 atom stereocenters. The van der Waals surface area contributed by atoms with Crippen LogP contribution in [0, 0.1) is 0 Å². The summed E-state index contributed by atoms with van der Waals surface area (Å²) in [5.74, 6) is 3.63. The van der Waals surface area contributed by atoms with E-state index in [4.69, 9.17) is 24.7 Å². The molecule has 62 heavy (non-hydrogen) atoms. The molecule has 2 aromatic heterocycles. The van der Waals surface area contributed by atoms with Crippen LogP contribution in [0.3, 0.4) is 0 Å². The number of hydrogen-bond acceptors (Lipinski definition) is 5. The van der Waals surface area contributed by atoms with Gasteiger partial charge in [-0.2, -0.15) is 0 Å². The van der Waals surface area contributed by atoms with E-state index in [1.807, 2.05) is 54.7 Å². The molecule has 2 aliphatic rings. The van der Waals surface area contributed by atoms with E-state index in [1.165, 1.54) is 16.7 Å². The van der Waals surface area contributed by atoms with Crippen molar-refractivity contribution in [2.24, 2.45) is 0 Å². The quantitative estimate of drug-likeness (QED) is 0.168. The first-order valence-corrected chi connectivity index (χ1v) is 20.9. The molecule has 8 aromatic carbocycles. The normalized spacial score (nSPS) is 12.8. The van der Waals surface area contributed by atoms with Crippen molar-refractivity contribution in [3.05, 3.63) is 241 Å². The molecule has 12 rings (SSSR count). The smallest absolute Gasteiger partial charge is 0.164 e. The van der Waals surface area contributed by atoms with E-state index < -0.39 is 5.41 Å². The Morgan fingerprint density at radius 1 is 0.306 bits per heavy atom. The van der Waals surface area contributed by atoms with E-state index >= 15 is 0 Å². The average Bonchev–Trinajstić information content (AvgIpc) is 3.64. The standard InChI is InChI=1S/C57H36N4O/c1-3-13-37(14-4-1)38-24-28-41(29-25-38)55-59-54(40-15-5-2-6-16-40)60-56(61-55)42-30-26-39(27-31-42)43-17-11-18-44(35-43)45-32-33-46-50(36-45)57(49-21-12-34-58-53(46)49)47-19-7-9-22-51(47)62-52-23-10-8-20-48(52)57/h1-36H. The van der Waals surface area contributed by atoms with Gasteiger partial charge in [0.15, 0.2) is 17.5 Å². The lowest BCUT2D eigenvalue weighted by molar-refractivity contribution is 0.436. The summed E-state index contributed by atoms with van der Waals surface area (Å²) in [5.41, 5.74) is 15.8. The maximum Gasteiger partial charge on any atom is 0.164 e. The van der Waals surface area contributed by atoms with Gasteiger partial charge in [-0.3, -0.25) is 4.98 Å². The molecular weight excluding hydrogens is 757 g/mol. The minimum absolute atomic E-state index is 0.575. The van der Waals surface area contributed by atoms with E-state index in [0.717, 1.165) is 78.4 Å². The van der Waals surface area contributed by atoms with Crippen LogP contribution in [0.15, 0.2) is 219 Å². The first kappa shape index (κ1) is 35.6. The third-order valence-electron chi connectivity index (χ3n) is 12.3. The van der Waals surface area contributed by atoms with Crippen LogP contribution in [-0.4, -0.2) is 19.9 Å². The Morgan fingerprint density at radius 3 is 1.34 bits per heavy atom. The molecule has 1 spiro atoms. The van der Waals surface area contributed by atoms with E-state index in [0.29, 0.717) is 17.5 Å². The Hall–Kier alpha value is -8.28. The number of aromatic nitrogens is 4. The molecule has 0 unspecified atom stereocenters. The molecule has 5 heteroatoms. The molecule has 0 amide bonds. The maximum atomic E-state index is 6.55. The molecule has 5 nitrogen and oxygen atoms in total. The van der Waals surface area contributed by atoms with Gasteiger partial charge >= 0.3 is 0 Å². The van der Waals surface area contributed by atoms with Gasteiger partial charge in [0.1, 0.15) is 11.5 Å². The first-order valence-electron chi connectivity index (χ1n) is 20.9. The first-order chi connectivity index (χ1) is 30.7. The summed E-state index contributed by atoms with van der Waals surface area (Å²) < 4.78 is 6.55. The lowest BCUT2D eigenvalue weighted by Crippen LogP contribution is -2.32. The van der Waals surface area contributed by atoms with Gasteiger partial charge in [0.2, 0.25) is 0 Å². The lowest BCUT2D eigenvalue weighted by atomic mass is 9.66. The molecule has 0 saturated heterocycles. The van der Waals surface area contributed by atoms with Crippen LogP contribution in [0.4, 0.5) is 0 Å². The predicted octanol–water partition coefficient (Wildman–Crippen LogP) is 13.7. The second-order valence-corrected chi connectivity index (χ2v) is 15.8. The molecule has 0 fully saturated rings. The summed E-state index contributed by atoms with van der Waals surface area (Å²) in [4.78, 5) is 20.0. The highest BCUT2D eigenvalue weighted by Gasteiger charge is 2.51. The van der Waals surface area contributed by atoms with E-state index in [1.54, 1.807) is 0 Å². The summed E-state index contributed by atoms with van der Waals surface area (Å²) in [7, 11) is 0. The molecule has 290 valence electrons. The van der Waals surface area contributed by atoms with Crippen molar-refractivity contribution >= 4 is 0 Å². The Balaban J connectivity index is 0.912. The highest BCUT2D eigenvalue weighted by Crippen LogP contribution is 2.62. The minimum atomic E-state index is -0.575. The van der Waals surface area contributed by atoms with Crippen LogP contribution in [0.25, 0.3) is 78.8 Å². The van der Waals surface area contributed by atoms with Crippen molar-refractivity contribution in [3.63, 3.8) is 0 Å². The molecule has 0 saturated carbocycles. The molecule has 0 bridgehead atoms. The van der Waals surface area contributed by atoms with Crippen LogP contribution < -0.4 is 4.74 Å². The van der Waals surface area contributed by atoms with Crippen LogP contribution in [-0.2, 0) is 5.41 Å². The zero-order valence-corrected chi connectivity index (χ0v) is 33.5. The Kier molecular flexibility index (Phi) is 8.32. The van der Waals surface area contributed by atoms with Crippen molar-refractivity contribution in [1.82, 2.24) is 19.9 Å². The number of pyridine rings is 1. The summed E-state index contributed by atoms with van der Waals surface area (Å²) in [6.45, 7) is 0. The Morgan fingerprint density at radius 2 is 0.726 bits per heavy atom. The summed E-state index contributed by atoms with van der Waals surface area (Å²) in [6.07, 6.45) is 1.90. The second-order valence-electron chi connectivity index (χ2n) is 15.8. The van der Waals surface area contributed by atoms with Gasteiger partial charge in [0, 0.05) is 39.6 Å². The number of hydrogen-bond donors (Lipinski definition) is 0. The lowest BCUT2D eigenvalue weighted by Gasteiger charge is -2.39. The topological polar surface area (TPSA) is 60.8 Å². The fraction of sp³-hybridized carbons (Fsp3) is 0.0175. The van der Waals surface area contributed by atoms with Gasteiger partial charge in [-0.05, 0) is 74.8 Å². The molecule has 0 N–H and O–H groups in total. The predicted molar refractivity (Wildman–Crippen MR) is 248 cm³/mol. The van der Waals surface area contributed by atoms with Gasteiger partial charge in [0.05, 0.1) is 11.1 Å². The molecule has 1 aliphatic heterocycles. The number of ether oxygens (including phenoxy) is 1. The Labute approximate surface area is 359 Å². The average molecular weight is 793 g/mol. The highest BCUT2D eigenvalue weighted by molar-refractivity contribution is 5.89. The zero-order valence-electron chi connectivity index (χ0n) is 33.5. The SMILES string of the molecule is c1ccc(-c2ccc(-c3nc(-c4ccccc4)nc(-c4ccc(-c5cccc(-c6ccc7c(c6)C6(c8ccccc8Oc8ccccc86)c6cccnc6-7)c5)cc4)n3)cc2)cc1. The van der Waals surface area contributed by atoms with Gasteiger partial charge in [0.25, 0.3) is 0 Å².